The van der Waals surface area contributed by atoms with E-state index in [1.807, 2.05) is 11.8 Å². The van der Waals surface area contributed by atoms with Crippen molar-refractivity contribution < 1.29 is 4.79 Å². The highest BCUT2D eigenvalue weighted by Gasteiger charge is 2.31. The molecule has 100 valence electrons. The Balaban J connectivity index is 1.99. The first-order chi connectivity index (χ1) is 8.58. The Hall–Kier alpha value is -1.39. The summed E-state index contributed by atoms with van der Waals surface area (Å²) in [6.45, 7) is 8.15. The first-order valence-electron chi connectivity index (χ1n) is 6.78. The lowest BCUT2D eigenvalue weighted by molar-refractivity contribution is 0.0589. The van der Waals surface area contributed by atoms with Crippen LogP contribution in [0.15, 0.2) is 0 Å². The van der Waals surface area contributed by atoms with Gasteiger partial charge in [-0.1, -0.05) is 27.2 Å². The number of aromatic amines is 1. The van der Waals surface area contributed by atoms with Gasteiger partial charge in [-0.3, -0.25) is 9.89 Å². The third kappa shape index (κ3) is 2.54. The Morgan fingerprint density at radius 1 is 1.39 bits per heavy atom. The molecule has 0 aromatic carbocycles. The van der Waals surface area contributed by atoms with Crippen LogP contribution in [0.1, 0.15) is 56.5 Å². The number of aromatic nitrogens is 3. The molecule has 0 radical (unpaired) electrons. The fourth-order valence-electron chi connectivity index (χ4n) is 2.29. The second-order valence-electron chi connectivity index (χ2n) is 5.42. The van der Waals surface area contributed by atoms with E-state index in [4.69, 9.17) is 0 Å². The number of aryl methyl sites for hydroxylation is 1. The minimum atomic E-state index is -0.0379. The third-order valence-corrected chi connectivity index (χ3v) is 4.17. The highest BCUT2D eigenvalue weighted by molar-refractivity contribution is 5.90. The average Bonchev–Trinajstić information content (AvgIpc) is 2.87. The van der Waals surface area contributed by atoms with Crippen LogP contribution in [0.3, 0.4) is 0 Å². The zero-order valence-electron chi connectivity index (χ0n) is 11.5. The zero-order chi connectivity index (χ0) is 13.2. The molecular formula is C13H22N4O. The van der Waals surface area contributed by atoms with E-state index in [0.29, 0.717) is 11.2 Å². The molecule has 0 spiro atoms. The fraction of sp³-hybridized carbons (Fsp3) is 0.769. The molecule has 1 aliphatic rings. The summed E-state index contributed by atoms with van der Waals surface area (Å²) in [5.41, 5.74) is 0.393. The molecule has 1 amide bonds. The molecule has 1 fully saturated rings. The van der Waals surface area contributed by atoms with Crippen molar-refractivity contribution in [2.45, 2.75) is 46.5 Å². The Morgan fingerprint density at radius 2 is 2.06 bits per heavy atom. The number of carbonyl (C=O) groups is 1. The summed E-state index contributed by atoms with van der Waals surface area (Å²) in [6.07, 6.45) is 4.09. The second-order valence-corrected chi connectivity index (χ2v) is 5.42. The van der Waals surface area contributed by atoms with Crippen LogP contribution in [0.2, 0.25) is 0 Å². The number of nitrogens with one attached hydrogen (secondary N) is 1. The molecule has 5 nitrogen and oxygen atoms in total. The SMILES string of the molecule is CCc1nc(C(=O)N2CCC(C)(CC)CC2)n[nH]1. The molecule has 0 unspecified atom stereocenters. The Bertz CT molecular complexity index is 418. The van der Waals surface area contributed by atoms with Crippen LogP contribution in [-0.4, -0.2) is 39.1 Å². The van der Waals surface area contributed by atoms with Gasteiger partial charge in [0.25, 0.3) is 5.91 Å². The minimum absolute atomic E-state index is 0.0379. The first kappa shape index (κ1) is 13.1. The number of rotatable bonds is 3. The van der Waals surface area contributed by atoms with Gasteiger partial charge in [-0.15, -0.1) is 5.10 Å². The van der Waals surface area contributed by atoms with E-state index < -0.39 is 0 Å². The predicted molar refractivity (Wildman–Crippen MR) is 69.3 cm³/mol. The number of likely N-dealkylation sites (tertiary alicyclic amines) is 1. The van der Waals surface area contributed by atoms with Crippen molar-refractivity contribution in [2.75, 3.05) is 13.1 Å². The number of amides is 1. The standard InChI is InChI=1S/C13H22N4O/c1-4-10-14-11(16-15-10)12(18)17-8-6-13(3,5-2)7-9-17/h4-9H2,1-3H3,(H,14,15,16). The van der Waals surface area contributed by atoms with Gasteiger partial charge < -0.3 is 4.90 Å². The second kappa shape index (κ2) is 5.08. The van der Waals surface area contributed by atoms with Crippen molar-refractivity contribution in [3.8, 4) is 0 Å². The first-order valence-corrected chi connectivity index (χ1v) is 6.78. The molecule has 18 heavy (non-hydrogen) atoms. The number of piperidine rings is 1. The summed E-state index contributed by atoms with van der Waals surface area (Å²) in [6, 6.07) is 0. The van der Waals surface area contributed by atoms with E-state index in [1.54, 1.807) is 0 Å². The summed E-state index contributed by atoms with van der Waals surface area (Å²) >= 11 is 0. The number of hydrogen-bond donors (Lipinski definition) is 1. The van der Waals surface area contributed by atoms with Gasteiger partial charge in [0, 0.05) is 19.5 Å². The van der Waals surface area contributed by atoms with Crippen LogP contribution in [0.4, 0.5) is 0 Å². The van der Waals surface area contributed by atoms with Crippen molar-refractivity contribution in [1.29, 1.82) is 0 Å². The third-order valence-electron chi connectivity index (χ3n) is 4.17. The predicted octanol–water partition coefficient (Wildman–Crippen LogP) is 2.02. The summed E-state index contributed by atoms with van der Waals surface area (Å²) in [5.74, 6) is 1.05. The normalized spacial score (nSPS) is 18.9. The maximum absolute atomic E-state index is 12.2. The van der Waals surface area contributed by atoms with Gasteiger partial charge in [0.2, 0.25) is 5.82 Å². The lowest BCUT2D eigenvalue weighted by Gasteiger charge is -2.38. The average molecular weight is 250 g/mol. The summed E-state index contributed by atoms with van der Waals surface area (Å²) in [7, 11) is 0. The van der Waals surface area contributed by atoms with Crippen molar-refractivity contribution in [3.05, 3.63) is 11.6 Å². The highest BCUT2D eigenvalue weighted by Crippen LogP contribution is 2.34. The number of nitrogens with zero attached hydrogens (tertiary/aromatic N) is 3. The van der Waals surface area contributed by atoms with E-state index in [2.05, 4.69) is 29.0 Å². The molecule has 0 bridgehead atoms. The van der Waals surface area contributed by atoms with E-state index >= 15 is 0 Å². The maximum Gasteiger partial charge on any atom is 0.293 e. The largest absolute Gasteiger partial charge is 0.336 e. The van der Waals surface area contributed by atoms with Crippen LogP contribution < -0.4 is 0 Å². The fourth-order valence-corrected chi connectivity index (χ4v) is 2.29. The Morgan fingerprint density at radius 3 is 2.56 bits per heavy atom. The molecule has 0 atom stereocenters. The zero-order valence-corrected chi connectivity index (χ0v) is 11.5. The van der Waals surface area contributed by atoms with Crippen LogP contribution in [-0.2, 0) is 6.42 Å². The van der Waals surface area contributed by atoms with Crippen molar-refractivity contribution in [1.82, 2.24) is 20.1 Å². The van der Waals surface area contributed by atoms with E-state index in [1.165, 1.54) is 6.42 Å². The number of H-pyrrole nitrogens is 1. The monoisotopic (exact) mass is 250 g/mol. The van der Waals surface area contributed by atoms with Crippen molar-refractivity contribution >= 4 is 5.91 Å². The van der Waals surface area contributed by atoms with Gasteiger partial charge in [0.15, 0.2) is 0 Å². The van der Waals surface area contributed by atoms with E-state index in [9.17, 15) is 4.79 Å². The smallest absolute Gasteiger partial charge is 0.293 e. The molecule has 0 aliphatic carbocycles. The van der Waals surface area contributed by atoms with Crippen molar-refractivity contribution in [2.24, 2.45) is 5.41 Å². The summed E-state index contributed by atoms with van der Waals surface area (Å²) in [4.78, 5) is 18.3. The molecule has 1 aromatic heterocycles. The molecule has 1 N–H and O–H groups in total. The molecule has 2 heterocycles. The topological polar surface area (TPSA) is 61.9 Å². The lowest BCUT2D eigenvalue weighted by Crippen LogP contribution is -2.42. The summed E-state index contributed by atoms with van der Waals surface area (Å²) in [5, 5.41) is 6.79. The number of hydrogen-bond acceptors (Lipinski definition) is 3. The molecule has 1 aromatic rings. The van der Waals surface area contributed by atoms with Gasteiger partial charge in [-0.05, 0) is 18.3 Å². The van der Waals surface area contributed by atoms with Crippen LogP contribution in [0, 0.1) is 5.41 Å². The Kier molecular flexibility index (Phi) is 3.68. The van der Waals surface area contributed by atoms with E-state index in [-0.39, 0.29) is 5.91 Å². The molecule has 1 saturated heterocycles. The van der Waals surface area contributed by atoms with Crippen molar-refractivity contribution in [3.63, 3.8) is 0 Å². The van der Waals surface area contributed by atoms with Crippen LogP contribution >= 0.6 is 0 Å². The quantitative estimate of drug-likeness (QED) is 0.892. The molecule has 2 rings (SSSR count). The lowest BCUT2D eigenvalue weighted by atomic mass is 9.78. The minimum Gasteiger partial charge on any atom is -0.336 e. The van der Waals surface area contributed by atoms with Gasteiger partial charge in [-0.25, -0.2) is 4.98 Å². The van der Waals surface area contributed by atoms with Crippen LogP contribution in [0.5, 0.6) is 0 Å². The molecule has 1 aliphatic heterocycles. The van der Waals surface area contributed by atoms with E-state index in [0.717, 1.165) is 38.2 Å². The highest BCUT2D eigenvalue weighted by atomic mass is 16.2. The molecular weight excluding hydrogens is 228 g/mol. The summed E-state index contributed by atoms with van der Waals surface area (Å²) < 4.78 is 0. The van der Waals surface area contributed by atoms with Gasteiger partial charge in [0.05, 0.1) is 0 Å². The Labute approximate surface area is 108 Å². The van der Waals surface area contributed by atoms with Gasteiger partial charge >= 0.3 is 0 Å². The molecule has 0 saturated carbocycles. The van der Waals surface area contributed by atoms with Gasteiger partial charge in [-0.2, -0.15) is 0 Å². The maximum atomic E-state index is 12.2. The van der Waals surface area contributed by atoms with Crippen LogP contribution in [0.25, 0.3) is 0 Å². The number of carbonyl (C=O) groups excluding carboxylic acids is 1. The molecule has 5 heteroatoms. The van der Waals surface area contributed by atoms with Gasteiger partial charge in [0.1, 0.15) is 5.82 Å².